The van der Waals surface area contributed by atoms with Crippen molar-refractivity contribution in [2.75, 3.05) is 13.1 Å². The molecule has 1 aromatic rings. The Morgan fingerprint density at radius 2 is 2.00 bits per heavy atom. The summed E-state index contributed by atoms with van der Waals surface area (Å²) in [6.45, 7) is 0.962. The Kier molecular flexibility index (Phi) is 5.42. The van der Waals surface area contributed by atoms with Crippen molar-refractivity contribution in [2.45, 2.75) is 19.1 Å². The van der Waals surface area contributed by atoms with E-state index >= 15 is 0 Å². The highest BCUT2D eigenvalue weighted by Gasteiger charge is 2.34. The van der Waals surface area contributed by atoms with Gasteiger partial charge in [-0.05, 0) is 24.6 Å². The van der Waals surface area contributed by atoms with Crippen LogP contribution in [0.1, 0.15) is 17.5 Å². The van der Waals surface area contributed by atoms with Gasteiger partial charge in [0, 0.05) is 13.1 Å². The number of hydrogen-bond donors (Lipinski definition) is 1. The SMILES string of the molecule is Cl.O=C(O)C1CCN(Cc2ccccc2C(F)(F)F)C1. The summed E-state index contributed by atoms with van der Waals surface area (Å²) in [6.07, 6.45) is -3.88. The predicted molar refractivity (Wildman–Crippen MR) is 69.7 cm³/mol. The van der Waals surface area contributed by atoms with E-state index < -0.39 is 23.6 Å². The van der Waals surface area contributed by atoms with Crippen LogP contribution in [0, 0.1) is 5.92 Å². The van der Waals surface area contributed by atoms with Gasteiger partial charge in [-0.3, -0.25) is 9.69 Å². The monoisotopic (exact) mass is 309 g/mol. The van der Waals surface area contributed by atoms with E-state index in [1.165, 1.54) is 12.1 Å². The molecule has 0 radical (unpaired) electrons. The third-order valence-corrected chi connectivity index (χ3v) is 3.34. The van der Waals surface area contributed by atoms with Gasteiger partial charge < -0.3 is 5.11 Å². The molecule has 1 aliphatic rings. The number of likely N-dealkylation sites (tertiary alicyclic amines) is 1. The average Bonchev–Trinajstić information content (AvgIpc) is 2.77. The fraction of sp³-hybridized carbons (Fsp3) is 0.462. The lowest BCUT2D eigenvalue weighted by Gasteiger charge is -2.19. The summed E-state index contributed by atoms with van der Waals surface area (Å²) in [7, 11) is 0. The maximum Gasteiger partial charge on any atom is 0.416 e. The lowest BCUT2D eigenvalue weighted by Crippen LogP contribution is -2.24. The number of nitrogens with zero attached hydrogens (tertiary/aromatic N) is 1. The van der Waals surface area contributed by atoms with E-state index in [1.807, 2.05) is 0 Å². The lowest BCUT2D eigenvalue weighted by atomic mass is 10.1. The van der Waals surface area contributed by atoms with Gasteiger partial charge in [0.2, 0.25) is 0 Å². The molecule has 1 atom stereocenters. The topological polar surface area (TPSA) is 40.5 Å². The highest BCUT2D eigenvalue weighted by atomic mass is 35.5. The summed E-state index contributed by atoms with van der Waals surface area (Å²) in [5.74, 6) is -1.36. The van der Waals surface area contributed by atoms with Crippen LogP contribution in [-0.2, 0) is 17.5 Å². The average molecular weight is 310 g/mol. The van der Waals surface area contributed by atoms with E-state index in [-0.39, 0.29) is 24.5 Å². The van der Waals surface area contributed by atoms with Crippen molar-refractivity contribution in [1.29, 1.82) is 0 Å². The Bertz CT molecular complexity index is 479. The maximum absolute atomic E-state index is 12.8. The van der Waals surface area contributed by atoms with E-state index in [2.05, 4.69) is 0 Å². The first kappa shape index (κ1) is 16.8. The van der Waals surface area contributed by atoms with Crippen LogP contribution in [0.3, 0.4) is 0 Å². The van der Waals surface area contributed by atoms with E-state index in [4.69, 9.17) is 5.11 Å². The Balaban J connectivity index is 0.00000200. The van der Waals surface area contributed by atoms with Crippen molar-refractivity contribution < 1.29 is 23.1 Å². The Hall–Kier alpha value is -1.27. The molecular formula is C13H15ClF3NO2. The van der Waals surface area contributed by atoms with Crippen LogP contribution < -0.4 is 0 Å². The van der Waals surface area contributed by atoms with Crippen LogP contribution >= 0.6 is 12.4 Å². The molecule has 0 bridgehead atoms. The van der Waals surface area contributed by atoms with E-state index in [9.17, 15) is 18.0 Å². The Labute approximate surface area is 120 Å². The number of carboxylic acids is 1. The first-order chi connectivity index (χ1) is 8.88. The molecule has 1 N–H and O–H groups in total. The van der Waals surface area contributed by atoms with Crippen molar-refractivity contribution in [3.8, 4) is 0 Å². The van der Waals surface area contributed by atoms with Gasteiger partial charge in [0.05, 0.1) is 11.5 Å². The first-order valence-corrected chi connectivity index (χ1v) is 5.98. The molecule has 112 valence electrons. The number of carbonyl (C=O) groups is 1. The molecule has 1 heterocycles. The number of carboxylic acid groups (broad SMARTS) is 1. The maximum atomic E-state index is 12.8. The number of halogens is 4. The molecule has 1 saturated heterocycles. The smallest absolute Gasteiger partial charge is 0.416 e. The van der Waals surface area contributed by atoms with Gasteiger partial charge >= 0.3 is 12.1 Å². The number of aliphatic carboxylic acids is 1. The molecule has 1 aliphatic heterocycles. The highest BCUT2D eigenvalue weighted by molar-refractivity contribution is 5.85. The van der Waals surface area contributed by atoms with Crippen molar-refractivity contribution in [1.82, 2.24) is 4.90 Å². The van der Waals surface area contributed by atoms with Gasteiger partial charge in [0.1, 0.15) is 0 Å². The van der Waals surface area contributed by atoms with E-state index in [1.54, 1.807) is 11.0 Å². The standard InChI is InChI=1S/C13H14F3NO2.ClH/c14-13(15,16)11-4-2-1-3-9(11)7-17-6-5-10(8-17)12(18)19;/h1-4,10H,5-8H2,(H,18,19);1H. The van der Waals surface area contributed by atoms with Crippen LogP contribution in [0.15, 0.2) is 24.3 Å². The van der Waals surface area contributed by atoms with Crippen LogP contribution in [0.4, 0.5) is 13.2 Å². The number of rotatable bonds is 3. The van der Waals surface area contributed by atoms with Crippen LogP contribution in [-0.4, -0.2) is 29.1 Å². The second-order valence-corrected chi connectivity index (χ2v) is 4.71. The second-order valence-electron chi connectivity index (χ2n) is 4.71. The fourth-order valence-electron chi connectivity index (χ4n) is 2.35. The molecule has 3 nitrogen and oxygen atoms in total. The van der Waals surface area contributed by atoms with Crippen molar-refractivity contribution >= 4 is 18.4 Å². The molecule has 2 rings (SSSR count). The van der Waals surface area contributed by atoms with E-state index in [0.717, 1.165) is 6.07 Å². The highest BCUT2D eigenvalue weighted by Crippen LogP contribution is 2.33. The Morgan fingerprint density at radius 1 is 1.35 bits per heavy atom. The van der Waals surface area contributed by atoms with Crippen molar-refractivity contribution in [2.24, 2.45) is 5.92 Å². The summed E-state index contributed by atoms with van der Waals surface area (Å²) < 4.78 is 38.4. The molecular weight excluding hydrogens is 295 g/mol. The minimum atomic E-state index is -4.37. The van der Waals surface area contributed by atoms with Gasteiger partial charge in [-0.25, -0.2) is 0 Å². The van der Waals surface area contributed by atoms with Gasteiger partial charge in [0.25, 0.3) is 0 Å². The number of benzene rings is 1. The molecule has 20 heavy (non-hydrogen) atoms. The third-order valence-electron chi connectivity index (χ3n) is 3.34. The zero-order valence-corrected chi connectivity index (χ0v) is 11.4. The van der Waals surface area contributed by atoms with Gasteiger partial charge in [-0.15, -0.1) is 12.4 Å². The van der Waals surface area contributed by atoms with Gasteiger partial charge in [0.15, 0.2) is 0 Å². The molecule has 1 fully saturated rings. The van der Waals surface area contributed by atoms with Crippen molar-refractivity contribution in [3.63, 3.8) is 0 Å². The quantitative estimate of drug-likeness (QED) is 0.933. The molecule has 0 amide bonds. The third kappa shape index (κ3) is 3.86. The minimum Gasteiger partial charge on any atom is -0.481 e. The molecule has 1 aromatic carbocycles. The van der Waals surface area contributed by atoms with Crippen molar-refractivity contribution in [3.05, 3.63) is 35.4 Å². The van der Waals surface area contributed by atoms with Crippen LogP contribution in [0.25, 0.3) is 0 Å². The minimum absolute atomic E-state index is 0. The number of alkyl halides is 3. The molecule has 0 aromatic heterocycles. The molecule has 0 saturated carbocycles. The summed E-state index contributed by atoms with van der Waals surface area (Å²) >= 11 is 0. The summed E-state index contributed by atoms with van der Waals surface area (Å²) in [6, 6.07) is 5.42. The normalized spacial score (nSPS) is 19.6. The largest absolute Gasteiger partial charge is 0.481 e. The Morgan fingerprint density at radius 3 is 2.55 bits per heavy atom. The molecule has 1 unspecified atom stereocenters. The second kappa shape index (κ2) is 6.45. The molecule has 7 heteroatoms. The zero-order chi connectivity index (χ0) is 14.0. The van der Waals surface area contributed by atoms with E-state index in [0.29, 0.717) is 19.5 Å². The summed E-state index contributed by atoms with van der Waals surface area (Å²) in [4.78, 5) is 12.6. The van der Waals surface area contributed by atoms with Crippen LogP contribution in [0.2, 0.25) is 0 Å². The van der Waals surface area contributed by atoms with Gasteiger partial charge in [-0.1, -0.05) is 18.2 Å². The lowest BCUT2D eigenvalue weighted by molar-refractivity contribution is -0.141. The summed E-state index contributed by atoms with van der Waals surface area (Å²) in [5, 5.41) is 8.87. The van der Waals surface area contributed by atoms with Gasteiger partial charge in [-0.2, -0.15) is 13.2 Å². The molecule has 0 aliphatic carbocycles. The molecule has 0 spiro atoms. The zero-order valence-electron chi connectivity index (χ0n) is 10.6. The predicted octanol–water partition coefficient (Wildman–Crippen LogP) is 3.03. The first-order valence-electron chi connectivity index (χ1n) is 5.98. The fourth-order valence-corrected chi connectivity index (χ4v) is 2.35. The number of hydrogen-bond acceptors (Lipinski definition) is 2. The summed E-state index contributed by atoms with van der Waals surface area (Å²) in [5.41, 5.74) is -0.449. The van der Waals surface area contributed by atoms with Crippen LogP contribution in [0.5, 0.6) is 0 Å².